The normalized spacial score (nSPS) is 27.5. The number of carbonyl (C=O) groups excluding carboxylic acids is 1. The fourth-order valence-electron chi connectivity index (χ4n) is 4.02. The van der Waals surface area contributed by atoms with Crippen molar-refractivity contribution < 1.29 is 4.79 Å². The van der Waals surface area contributed by atoms with E-state index >= 15 is 0 Å². The van der Waals surface area contributed by atoms with Gasteiger partial charge in [-0.1, -0.05) is 6.42 Å². The van der Waals surface area contributed by atoms with E-state index in [0.29, 0.717) is 11.3 Å². The molecule has 0 radical (unpaired) electrons. The fraction of sp³-hybridized carbons (Fsp3) is 0.667. The van der Waals surface area contributed by atoms with E-state index in [1.165, 1.54) is 6.42 Å². The molecule has 26 heavy (non-hydrogen) atoms. The van der Waals surface area contributed by atoms with Crippen molar-refractivity contribution in [1.29, 1.82) is 0 Å². The van der Waals surface area contributed by atoms with E-state index < -0.39 is 0 Å². The minimum absolute atomic E-state index is 0.0613. The highest BCUT2D eigenvalue weighted by Crippen LogP contribution is 2.35. The smallest absolute Gasteiger partial charge is 0.237 e. The van der Waals surface area contributed by atoms with Crippen LogP contribution in [0.3, 0.4) is 0 Å². The zero-order valence-corrected chi connectivity index (χ0v) is 16.0. The van der Waals surface area contributed by atoms with Crippen LogP contribution in [-0.2, 0) is 4.79 Å². The molecule has 2 fully saturated rings. The van der Waals surface area contributed by atoms with Gasteiger partial charge < -0.3 is 5.32 Å². The first-order valence-corrected chi connectivity index (χ1v) is 10.4. The number of thioether (sulfide) groups is 1. The Kier molecular flexibility index (Phi) is 5.40. The summed E-state index contributed by atoms with van der Waals surface area (Å²) in [4.78, 5) is 23.4. The lowest BCUT2D eigenvalue weighted by Crippen LogP contribution is -2.50. The summed E-state index contributed by atoms with van der Waals surface area (Å²) in [6.07, 6.45) is 11.0. The molecule has 0 aromatic carbocycles. The summed E-state index contributed by atoms with van der Waals surface area (Å²) in [6.45, 7) is 1.03. The molecular weight excluding hydrogens is 348 g/mol. The molecule has 1 aliphatic carbocycles. The summed E-state index contributed by atoms with van der Waals surface area (Å²) in [5.41, 5.74) is 0.792. The number of fused-ring (bicyclic) bond motifs is 1. The molecule has 7 nitrogen and oxygen atoms in total. The van der Waals surface area contributed by atoms with Gasteiger partial charge in [-0.05, 0) is 52.1 Å². The number of piperidine rings is 1. The second-order valence-electron chi connectivity index (χ2n) is 7.40. The molecule has 2 aliphatic rings. The molecule has 2 aromatic heterocycles. The third-order valence-corrected chi connectivity index (χ3v) is 6.94. The summed E-state index contributed by atoms with van der Waals surface area (Å²) < 4.78 is 0. The van der Waals surface area contributed by atoms with E-state index in [-0.39, 0.29) is 11.9 Å². The third kappa shape index (κ3) is 3.86. The highest BCUT2D eigenvalue weighted by atomic mass is 32.2. The number of likely N-dealkylation sites (N-methyl/N-ethyl adjacent to an activating group) is 1. The summed E-state index contributed by atoms with van der Waals surface area (Å²) in [6, 6.07) is 0.375. The van der Waals surface area contributed by atoms with Crippen molar-refractivity contribution in [3.8, 4) is 0 Å². The Morgan fingerprint density at radius 3 is 2.88 bits per heavy atom. The largest absolute Gasteiger partial charge is 0.352 e. The Hall–Kier alpha value is -1.67. The zero-order chi connectivity index (χ0) is 17.9. The van der Waals surface area contributed by atoms with Gasteiger partial charge >= 0.3 is 0 Å². The number of aromatic nitrogens is 4. The number of rotatable bonds is 4. The van der Waals surface area contributed by atoms with Crippen LogP contribution in [0.15, 0.2) is 17.6 Å². The van der Waals surface area contributed by atoms with Crippen molar-refractivity contribution in [1.82, 2.24) is 30.4 Å². The quantitative estimate of drug-likeness (QED) is 0.799. The minimum Gasteiger partial charge on any atom is -0.352 e. The Morgan fingerprint density at radius 1 is 1.23 bits per heavy atom. The molecule has 1 atom stereocenters. The number of aromatic amines is 1. The van der Waals surface area contributed by atoms with Crippen LogP contribution in [0.25, 0.3) is 11.0 Å². The first-order valence-electron chi connectivity index (χ1n) is 9.52. The van der Waals surface area contributed by atoms with E-state index in [4.69, 9.17) is 0 Å². The van der Waals surface area contributed by atoms with Crippen LogP contribution in [0.1, 0.15) is 44.9 Å². The van der Waals surface area contributed by atoms with E-state index in [1.54, 1.807) is 12.5 Å². The lowest BCUT2D eigenvalue weighted by atomic mass is 9.94. The summed E-state index contributed by atoms with van der Waals surface area (Å²) in [5, 5.41) is 12.8. The second kappa shape index (κ2) is 7.92. The lowest BCUT2D eigenvalue weighted by Gasteiger charge is -2.34. The van der Waals surface area contributed by atoms with Gasteiger partial charge in [0.25, 0.3) is 0 Å². The lowest BCUT2D eigenvalue weighted by molar-refractivity contribution is -0.127. The van der Waals surface area contributed by atoms with Crippen molar-refractivity contribution in [2.24, 2.45) is 0 Å². The number of carbonyl (C=O) groups is 1. The molecule has 1 aliphatic heterocycles. The Morgan fingerprint density at radius 2 is 2.08 bits per heavy atom. The molecule has 4 rings (SSSR count). The molecule has 2 N–H and O–H groups in total. The number of hydrogen-bond acceptors (Lipinski definition) is 6. The van der Waals surface area contributed by atoms with Gasteiger partial charge in [-0.2, -0.15) is 5.10 Å². The second-order valence-corrected chi connectivity index (χ2v) is 8.69. The maximum absolute atomic E-state index is 12.6. The van der Waals surface area contributed by atoms with Gasteiger partial charge in [0.15, 0.2) is 5.65 Å². The van der Waals surface area contributed by atoms with Gasteiger partial charge in [-0.25, -0.2) is 9.97 Å². The Labute approximate surface area is 157 Å². The van der Waals surface area contributed by atoms with Crippen LogP contribution in [0, 0.1) is 0 Å². The highest BCUT2D eigenvalue weighted by Gasteiger charge is 2.29. The van der Waals surface area contributed by atoms with Gasteiger partial charge in [-0.3, -0.25) is 14.8 Å². The van der Waals surface area contributed by atoms with Gasteiger partial charge in [0.05, 0.1) is 17.6 Å². The monoisotopic (exact) mass is 374 g/mol. The maximum Gasteiger partial charge on any atom is 0.237 e. The molecule has 8 heteroatoms. The molecule has 3 heterocycles. The van der Waals surface area contributed by atoms with Crippen molar-refractivity contribution >= 4 is 28.7 Å². The molecule has 0 bridgehead atoms. The summed E-state index contributed by atoms with van der Waals surface area (Å²) >= 11 is 1.82. The third-order valence-electron chi connectivity index (χ3n) is 5.58. The van der Waals surface area contributed by atoms with E-state index in [1.807, 2.05) is 11.8 Å². The van der Waals surface area contributed by atoms with E-state index in [2.05, 4.69) is 37.4 Å². The Bertz CT molecular complexity index is 757. The predicted molar refractivity (Wildman–Crippen MR) is 102 cm³/mol. The molecule has 1 saturated heterocycles. The minimum atomic E-state index is 0.0613. The highest BCUT2D eigenvalue weighted by molar-refractivity contribution is 8.00. The van der Waals surface area contributed by atoms with Crippen LogP contribution >= 0.6 is 11.8 Å². The standard InChI is InChI=1S/C18H26N6OS/c1-24-9-3-2-4-15(24)17(25)22-12-5-7-13(8-6-12)26-18-14-10-21-23-16(14)19-11-20-18/h10-13,15H,2-9H2,1H3,(H,22,25)(H,19,20,21,23). The summed E-state index contributed by atoms with van der Waals surface area (Å²) in [5.74, 6) is 0.221. The van der Waals surface area contributed by atoms with Gasteiger partial charge in [0.2, 0.25) is 5.91 Å². The van der Waals surface area contributed by atoms with Crippen LogP contribution in [-0.4, -0.2) is 61.9 Å². The molecule has 140 valence electrons. The topological polar surface area (TPSA) is 86.8 Å². The number of likely N-dealkylation sites (tertiary alicyclic amines) is 1. The first-order chi connectivity index (χ1) is 12.7. The molecular formula is C18H26N6OS. The van der Waals surface area contributed by atoms with Gasteiger partial charge in [0, 0.05) is 11.3 Å². The fourth-order valence-corrected chi connectivity index (χ4v) is 5.23. The van der Waals surface area contributed by atoms with Gasteiger partial charge in [0.1, 0.15) is 11.4 Å². The van der Waals surface area contributed by atoms with Crippen LogP contribution < -0.4 is 5.32 Å². The van der Waals surface area contributed by atoms with Crippen molar-refractivity contribution in [2.75, 3.05) is 13.6 Å². The van der Waals surface area contributed by atoms with Crippen molar-refractivity contribution in [3.63, 3.8) is 0 Å². The first kappa shape index (κ1) is 17.7. The van der Waals surface area contributed by atoms with Gasteiger partial charge in [-0.15, -0.1) is 11.8 Å². The van der Waals surface area contributed by atoms with E-state index in [0.717, 1.165) is 61.1 Å². The SMILES string of the molecule is CN1CCCCC1C(=O)NC1CCC(Sc2ncnc3[nH]ncc23)CC1. The predicted octanol–water partition coefficient (Wildman–Crippen LogP) is 2.36. The average molecular weight is 375 g/mol. The molecule has 2 aromatic rings. The van der Waals surface area contributed by atoms with Crippen LogP contribution in [0.5, 0.6) is 0 Å². The molecule has 1 amide bonds. The van der Waals surface area contributed by atoms with Crippen molar-refractivity contribution in [3.05, 3.63) is 12.5 Å². The number of amides is 1. The number of nitrogens with zero attached hydrogens (tertiary/aromatic N) is 4. The average Bonchev–Trinajstić information content (AvgIpc) is 3.13. The number of H-pyrrole nitrogens is 1. The van der Waals surface area contributed by atoms with Crippen molar-refractivity contribution in [2.45, 2.75) is 67.3 Å². The molecule has 1 unspecified atom stereocenters. The maximum atomic E-state index is 12.6. The van der Waals surface area contributed by atoms with E-state index in [9.17, 15) is 4.79 Å². The number of hydrogen-bond donors (Lipinski definition) is 2. The van der Waals surface area contributed by atoms with Crippen LogP contribution in [0.2, 0.25) is 0 Å². The zero-order valence-electron chi connectivity index (χ0n) is 15.1. The van der Waals surface area contributed by atoms with Crippen LogP contribution in [0.4, 0.5) is 0 Å². The molecule has 0 spiro atoms. The number of nitrogens with one attached hydrogen (secondary N) is 2. The molecule has 1 saturated carbocycles. The Balaban J connectivity index is 1.29. The summed E-state index contributed by atoms with van der Waals surface area (Å²) in [7, 11) is 2.06.